The van der Waals surface area contributed by atoms with Gasteiger partial charge in [-0.2, -0.15) is 0 Å². The molecule has 0 aromatic heterocycles. The quantitative estimate of drug-likeness (QED) is 0.0964. The molecule has 4 aromatic carbocycles. The summed E-state index contributed by atoms with van der Waals surface area (Å²) in [5, 5.41) is 9.77. The number of nitrogens with one attached hydrogen (secondary N) is 2. The average molecular weight is 681 g/mol. The van der Waals surface area contributed by atoms with Gasteiger partial charge >= 0.3 is 0 Å². The molecule has 0 aliphatic carbocycles. The minimum absolute atomic E-state index is 0.0262. The zero-order chi connectivity index (χ0) is 33.2. The monoisotopic (exact) mass is 679 g/mol. The van der Waals surface area contributed by atoms with Crippen LogP contribution in [0, 0.1) is 11.6 Å². The van der Waals surface area contributed by atoms with Crippen LogP contribution in [0.5, 0.6) is 5.75 Å². The van der Waals surface area contributed by atoms with Crippen LogP contribution in [0.2, 0.25) is 10.0 Å². The van der Waals surface area contributed by atoms with Gasteiger partial charge in [-0.25, -0.2) is 19.2 Å². The van der Waals surface area contributed by atoms with E-state index >= 15 is 0 Å². The number of hydrogen-bond donors (Lipinski definition) is 3. The highest BCUT2D eigenvalue weighted by atomic mass is 35.5. The van der Waals surface area contributed by atoms with Crippen molar-refractivity contribution in [2.24, 2.45) is 4.99 Å². The first-order chi connectivity index (χ1) is 22.8. The Morgan fingerprint density at radius 1 is 1.00 bits per heavy atom. The number of benzene rings is 4. The molecule has 0 radical (unpaired) electrons. The van der Waals surface area contributed by atoms with Crippen LogP contribution in [-0.4, -0.2) is 42.2 Å². The summed E-state index contributed by atoms with van der Waals surface area (Å²) < 4.78 is 39.5. The molecular formula is C36H33Cl2F2N3O4. The lowest BCUT2D eigenvalue weighted by Crippen LogP contribution is -2.52. The van der Waals surface area contributed by atoms with Gasteiger partial charge in [-0.3, -0.25) is 10.2 Å². The Morgan fingerprint density at radius 2 is 1.74 bits per heavy atom. The van der Waals surface area contributed by atoms with Gasteiger partial charge < -0.3 is 14.6 Å². The van der Waals surface area contributed by atoms with Gasteiger partial charge in [0.1, 0.15) is 17.4 Å². The van der Waals surface area contributed by atoms with Crippen molar-refractivity contribution in [3.05, 3.63) is 141 Å². The van der Waals surface area contributed by atoms with Crippen LogP contribution in [0.25, 0.3) is 6.08 Å². The van der Waals surface area contributed by atoms with Gasteiger partial charge in [-0.1, -0.05) is 71.8 Å². The Bertz CT molecular complexity index is 1720. The van der Waals surface area contributed by atoms with Gasteiger partial charge in [-0.15, -0.1) is 0 Å². The number of carbonyl (C=O) groups excluding carboxylic acids is 1. The van der Waals surface area contributed by atoms with Crippen molar-refractivity contribution in [1.82, 2.24) is 10.9 Å². The summed E-state index contributed by atoms with van der Waals surface area (Å²) in [6.07, 6.45) is 3.67. The molecule has 0 saturated carbocycles. The molecule has 0 fully saturated rings. The molecule has 0 spiro atoms. The van der Waals surface area contributed by atoms with Gasteiger partial charge in [0.2, 0.25) is 5.90 Å². The number of aliphatic hydroxyl groups is 1. The molecule has 2 atom stereocenters. The van der Waals surface area contributed by atoms with Crippen molar-refractivity contribution in [1.29, 1.82) is 0 Å². The molecule has 11 heteroatoms. The number of ether oxygens (including phenoxy) is 2. The zero-order valence-electron chi connectivity index (χ0n) is 25.3. The first-order valence-corrected chi connectivity index (χ1v) is 15.8. The van der Waals surface area contributed by atoms with Crippen molar-refractivity contribution in [2.45, 2.75) is 30.9 Å². The van der Waals surface area contributed by atoms with Crippen LogP contribution in [0.3, 0.4) is 0 Å². The Hall–Kier alpha value is -4.28. The second-order valence-corrected chi connectivity index (χ2v) is 11.7. The van der Waals surface area contributed by atoms with Gasteiger partial charge in [0.15, 0.2) is 11.6 Å². The number of nitrogens with zero attached hydrogens (tertiary/aromatic N) is 1. The smallest absolute Gasteiger partial charge is 0.266 e. The van der Waals surface area contributed by atoms with Crippen molar-refractivity contribution >= 4 is 41.1 Å². The third-order valence-corrected chi connectivity index (χ3v) is 8.04. The van der Waals surface area contributed by atoms with Gasteiger partial charge in [0.05, 0.1) is 6.61 Å². The van der Waals surface area contributed by atoms with E-state index in [1.807, 2.05) is 42.5 Å². The fourth-order valence-corrected chi connectivity index (χ4v) is 5.67. The number of aliphatic hydroxyl groups excluding tert-OH is 1. The SMILES string of the molecule is O=C(NNCCc1cc(F)cc(F)c1)[C@@]1(C/C=C/c2ccccc2)N=C(c2ccc(OCCCO)cc2)O[C@H]1c1ccc(Cl)cc1Cl. The van der Waals surface area contributed by atoms with Crippen LogP contribution in [0.1, 0.15) is 41.2 Å². The number of hydrazine groups is 1. The summed E-state index contributed by atoms with van der Waals surface area (Å²) in [5.41, 5.74) is 6.58. The molecule has 0 saturated heterocycles. The second-order valence-electron chi connectivity index (χ2n) is 10.9. The Morgan fingerprint density at radius 3 is 2.45 bits per heavy atom. The number of aliphatic imine (C=N–C) groups is 1. The molecule has 5 rings (SSSR count). The van der Waals surface area contributed by atoms with Crippen LogP contribution >= 0.6 is 23.2 Å². The maximum atomic E-state index is 14.2. The highest BCUT2D eigenvalue weighted by Gasteiger charge is 2.53. The topological polar surface area (TPSA) is 92.2 Å². The number of amides is 1. The minimum atomic E-state index is -1.54. The van der Waals surface area contributed by atoms with E-state index < -0.39 is 29.2 Å². The molecule has 1 aliphatic rings. The molecule has 1 aliphatic heterocycles. The predicted molar refractivity (Wildman–Crippen MR) is 179 cm³/mol. The molecule has 3 N–H and O–H groups in total. The van der Waals surface area contributed by atoms with Gasteiger partial charge in [0.25, 0.3) is 5.91 Å². The van der Waals surface area contributed by atoms with E-state index in [0.29, 0.717) is 45.5 Å². The maximum Gasteiger partial charge on any atom is 0.266 e. The molecule has 244 valence electrons. The first-order valence-electron chi connectivity index (χ1n) is 15.0. The van der Waals surface area contributed by atoms with E-state index in [2.05, 4.69) is 10.9 Å². The Labute approximate surface area is 281 Å². The molecule has 47 heavy (non-hydrogen) atoms. The third-order valence-electron chi connectivity index (χ3n) is 7.48. The Balaban J connectivity index is 1.47. The van der Waals surface area contributed by atoms with Crippen molar-refractivity contribution < 1.29 is 28.2 Å². The summed E-state index contributed by atoms with van der Waals surface area (Å²) in [6, 6.07) is 24.9. The standard InChI is InChI=1S/C36H33Cl2F2N3O4/c37-27-11-14-31(32(38)22-27)33-36(16-4-8-24-6-2-1-3-7-24,35(45)43-41-17-15-25-20-28(39)23-29(40)21-25)42-34(47-33)26-9-12-30(13-10-26)46-19-5-18-44/h1-4,6-14,20-23,33,41,44H,5,15-19H2,(H,43,45)/b8-4+/t33-,36-/m0/s1. The van der Waals surface area contributed by atoms with Crippen LogP contribution in [-0.2, 0) is 16.0 Å². The van der Waals surface area contributed by atoms with E-state index in [0.717, 1.165) is 11.6 Å². The molecule has 0 unspecified atom stereocenters. The van der Waals surface area contributed by atoms with Crippen molar-refractivity contribution in [3.8, 4) is 5.75 Å². The highest BCUT2D eigenvalue weighted by Crippen LogP contribution is 2.45. The second kappa shape index (κ2) is 16.0. The van der Waals surface area contributed by atoms with E-state index in [4.69, 9.17) is 42.8 Å². The molecular weight excluding hydrogens is 647 g/mol. The van der Waals surface area contributed by atoms with E-state index in [1.54, 1.807) is 42.5 Å². The summed E-state index contributed by atoms with van der Waals surface area (Å²) in [7, 11) is 0. The summed E-state index contributed by atoms with van der Waals surface area (Å²) >= 11 is 12.9. The number of carbonyl (C=O) groups is 1. The number of rotatable bonds is 14. The predicted octanol–water partition coefficient (Wildman–Crippen LogP) is 7.26. The first kappa shape index (κ1) is 34.1. The number of halogens is 4. The van der Waals surface area contributed by atoms with E-state index in [1.165, 1.54) is 12.1 Å². The molecule has 4 aromatic rings. The van der Waals surface area contributed by atoms with Crippen molar-refractivity contribution in [3.63, 3.8) is 0 Å². The lowest BCUT2D eigenvalue weighted by atomic mass is 9.84. The fraction of sp³-hybridized carbons (Fsp3) is 0.222. The summed E-state index contributed by atoms with van der Waals surface area (Å²) in [5.74, 6) is -1.02. The zero-order valence-corrected chi connectivity index (χ0v) is 26.8. The lowest BCUT2D eigenvalue weighted by molar-refractivity contribution is -0.129. The number of hydrogen-bond acceptors (Lipinski definition) is 6. The van der Waals surface area contributed by atoms with Crippen molar-refractivity contribution in [2.75, 3.05) is 19.8 Å². The molecule has 1 heterocycles. The van der Waals surface area contributed by atoms with Crippen LogP contribution in [0.15, 0.2) is 102 Å². The fourth-order valence-electron chi connectivity index (χ4n) is 5.16. The lowest BCUT2D eigenvalue weighted by Gasteiger charge is -2.30. The highest BCUT2D eigenvalue weighted by molar-refractivity contribution is 6.35. The Kier molecular flexibility index (Phi) is 11.6. The summed E-state index contributed by atoms with van der Waals surface area (Å²) in [4.78, 5) is 19.2. The summed E-state index contributed by atoms with van der Waals surface area (Å²) in [6.45, 7) is 0.577. The molecule has 7 nitrogen and oxygen atoms in total. The van der Waals surface area contributed by atoms with E-state index in [9.17, 15) is 13.6 Å². The van der Waals surface area contributed by atoms with Gasteiger partial charge in [-0.05, 0) is 66.1 Å². The van der Waals surface area contributed by atoms with Gasteiger partial charge in [0, 0.05) is 53.2 Å². The molecule has 1 amide bonds. The minimum Gasteiger partial charge on any atom is -0.494 e. The van der Waals surface area contributed by atoms with E-state index in [-0.39, 0.29) is 31.9 Å². The average Bonchev–Trinajstić information content (AvgIpc) is 3.44. The maximum absolute atomic E-state index is 14.2. The normalized spacial score (nSPS) is 17.4. The third kappa shape index (κ3) is 8.75. The molecule has 0 bridgehead atoms. The largest absolute Gasteiger partial charge is 0.494 e. The van der Waals surface area contributed by atoms with Crippen LogP contribution in [0.4, 0.5) is 8.78 Å². The van der Waals surface area contributed by atoms with Crippen LogP contribution < -0.4 is 15.6 Å².